The molecule has 0 aliphatic carbocycles. The lowest BCUT2D eigenvalue weighted by Gasteiger charge is -1.59. The van der Waals surface area contributed by atoms with E-state index in [0.29, 0.717) is 0 Å². The Kier molecular flexibility index (Phi) is 2.08. The summed E-state index contributed by atoms with van der Waals surface area (Å²) in [4.78, 5) is 0. The van der Waals surface area contributed by atoms with Gasteiger partial charge < -0.3 is 5.92 Å². The van der Waals surface area contributed by atoms with Gasteiger partial charge in [-0.3, -0.25) is 5.92 Å². The van der Waals surface area contributed by atoms with Crippen molar-refractivity contribution in [3.8, 4) is 11.8 Å². The van der Waals surface area contributed by atoms with Crippen LogP contribution >= 0.6 is 0 Å². The Morgan fingerprint density at radius 3 is 2.00 bits per heavy atom. The van der Waals surface area contributed by atoms with Crippen molar-refractivity contribution in [2.24, 2.45) is 0 Å². The monoisotopic (exact) mass is 53.0 g/mol. The zero-order valence-corrected chi connectivity index (χ0v) is 2.71. The third kappa shape index (κ3) is 1.43. The molecule has 22 valence electrons. The summed E-state index contributed by atoms with van der Waals surface area (Å²) in [6.45, 7) is 5.00. The molecular weight excluding hydrogens is 48.0 g/mol. The fourth-order valence-corrected chi connectivity index (χ4v) is 0. The van der Waals surface area contributed by atoms with E-state index in [9.17, 15) is 0 Å². The first kappa shape index (κ1) is 3.43. The molecule has 0 saturated heterocycles. The lowest BCUT2D eigenvalue weighted by Crippen LogP contribution is -1.29. The van der Waals surface area contributed by atoms with Crippen molar-refractivity contribution in [3.63, 3.8) is 0 Å². The Morgan fingerprint density at radius 2 is 2.00 bits per heavy atom. The highest BCUT2D eigenvalue weighted by Crippen LogP contribution is 1.37. The molecule has 0 spiro atoms. The van der Waals surface area contributed by atoms with Crippen LogP contribution in [-0.4, -0.2) is 0 Å². The zero-order valence-electron chi connectivity index (χ0n) is 2.71. The van der Waals surface area contributed by atoms with E-state index in [1.54, 1.807) is 6.92 Å². The normalized spacial score (nSPS) is 3.25. The molecule has 0 nitrogen and oxygen atoms in total. The summed E-state index contributed by atoms with van der Waals surface area (Å²) in [6.07, 6.45) is 0. The summed E-state index contributed by atoms with van der Waals surface area (Å²) in [7, 11) is 0. The Balaban J connectivity index is 2.83. The second-order valence-electron chi connectivity index (χ2n) is 0.427. The highest BCUT2D eigenvalue weighted by atomic mass is 13.3. The van der Waals surface area contributed by atoms with Crippen LogP contribution in [-0.2, 0) is 0 Å². The second-order valence-corrected chi connectivity index (χ2v) is 0.427. The summed E-state index contributed by atoms with van der Waals surface area (Å²) in [6, 6.07) is 0. The molecule has 0 aromatic heterocycles. The fourth-order valence-electron chi connectivity index (χ4n) is 0. The maximum Gasteiger partial charge on any atom is -0.0884 e. The molecule has 0 bridgehead atoms. The van der Waals surface area contributed by atoms with E-state index in [1.807, 2.05) is 0 Å². The van der Waals surface area contributed by atoms with Gasteiger partial charge in [-0.15, -0.1) is 0 Å². The average molecular weight is 53.1 g/mol. The smallest absolute Gasteiger partial charge is 0.0884 e. The van der Waals surface area contributed by atoms with Crippen molar-refractivity contribution in [2.45, 2.75) is 6.92 Å². The molecule has 0 aromatic rings. The predicted molar refractivity (Wildman–Crippen MR) is 18.8 cm³/mol. The van der Waals surface area contributed by atoms with Crippen LogP contribution in [0.4, 0.5) is 0 Å². The lowest BCUT2D eigenvalue weighted by atomic mass is 10.7. The predicted octanol–water partition coefficient (Wildman–Crippen LogP) is 0.844. The summed E-state index contributed by atoms with van der Waals surface area (Å²) in [5.74, 6) is 5.00. The minimum Gasteiger partial charge on any atom is -0.331 e. The van der Waals surface area contributed by atoms with Crippen LogP contribution in [0.1, 0.15) is 6.92 Å². The number of hydrogen-bond donors (Lipinski definition) is 0. The summed E-state index contributed by atoms with van der Waals surface area (Å²) < 4.78 is 0. The van der Waals surface area contributed by atoms with Gasteiger partial charge in [0.2, 0.25) is 0 Å². The van der Waals surface area contributed by atoms with Crippen molar-refractivity contribution in [2.75, 3.05) is 0 Å². The molecule has 0 heterocycles. The van der Waals surface area contributed by atoms with Gasteiger partial charge in [0.25, 0.3) is 0 Å². The third-order valence-electron chi connectivity index (χ3n) is 0.177. The first-order valence-corrected chi connectivity index (χ1v) is 1.10. The first-order chi connectivity index (χ1) is 1.91. The van der Waals surface area contributed by atoms with Crippen LogP contribution in [0.3, 0.4) is 0 Å². The molecule has 0 atom stereocenters. The van der Waals surface area contributed by atoms with E-state index < -0.39 is 0 Å². The molecule has 0 radical (unpaired) electrons. The second kappa shape index (κ2) is 2.43. The summed E-state index contributed by atoms with van der Waals surface area (Å²) in [5.41, 5.74) is 0. The molecule has 0 aliphatic heterocycles. The van der Waals surface area contributed by atoms with Gasteiger partial charge in [-0.1, -0.05) is 6.92 Å². The molecule has 0 aliphatic rings. The van der Waals surface area contributed by atoms with Crippen molar-refractivity contribution >= 4 is 0 Å². The van der Waals surface area contributed by atoms with E-state index in [0.717, 1.165) is 0 Å². The van der Waals surface area contributed by atoms with Crippen LogP contribution in [0.5, 0.6) is 0 Å². The molecule has 0 fully saturated rings. The SMILES string of the molecule is [CH2-]C#CC. The minimum absolute atomic E-state index is 1.76. The van der Waals surface area contributed by atoms with Gasteiger partial charge in [0.15, 0.2) is 0 Å². The highest BCUT2D eigenvalue weighted by molar-refractivity contribution is 4.97. The zero-order chi connectivity index (χ0) is 3.41. The quantitative estimate of drug-likeness (QED) is 0.283. The molecule has 4 heavy (non-hydrogen) atoms. The van der Waals surface area contributed by atoms with Gasteiger partial charge in [-0.2, -0.15) is 6.92 Å². The summed E-state index contributed by atoms with van der Waals surface area (Å²) in [5, 5.41) is 0. The van der Waals surface area contributed by atoms with Gasteiger partial charge in [0, 0.05) is 0 Å². The Bertz CT molecular complexity index is 36.8. The number of rotatable bonds is 0. The van der Waals surface area contributed by atoms with Crippen LogP contribution in [0.25, 0.3) is 0 Å². The van der Waals surface area contributed by atoms with Gasteiger partial charge in [0.1, 0.15) is 0 Å². The van der Waals surface area contributed by atoms with Crippen molar-refractivity contribution in [1.29, 1.82) is 0 Å². The third-order valence-corrected chi connectivity index (χ3v) is 0.177. The van der Waals surface area contributed by atoms with Crippen LogP contribution in [0.2, 0.25) is 0 Å². The van der Waals surface area contributed by atoms with Gasteiger partial charge in [-0.05, 0) is 0 Å². The Labute approximate surface area is 26.8 Å². The van der Waals surface area contributed by atoms with Crippen LogP contribution in [0.15, 0.2) is 0 Å². The lowest BCUT2D eigenvalue weighted by molar-refractivity contribution is 1.92. The minimum atomic E-state index is 1.76. The Morgan fingerprint density at radius 1 is 1.75 bits per heavy atom. The largest absolute Gasteiger partial charge is 0.331 e. The van der Waals surface area contributed by atoms with E-state index in [2.05, 4.69) is 18.8 Å². The van der Waals surface area contributed by atoms with Gasteiger partial charge >= 0.3 is 0 Å². The van der Waals surface area contributed by atoms with Gasteiger partial charge in [-0.25, -0.2) is 0 Å². The molecule has 0 amide bonds. The number of hydrogen-bond acceptors (Lipinski definition) is 0. The molecule has 0 N–H and O–H groups in total. The molecule has 0 heteroatoms. The first-order valence-electron chi connectivity index (χ1n) is 1.10. The molecule has 0 saturated carbocycles. The molecule has 0 aromatic carbocycles. The standard InChI is InChI=1S/C4H5/c1-3-4-2/h1H2,2H3/q-1. The van der Waals surface area contributed by atoms with E-state index in [1.165, 1.54) is 0 Å². The molecule has 0 rings (SSSR count). The summed E-state index contributed by atoms with van der Waals surface area (Å²) >= 11 is 0. The maximum absolute atomic E-state index is 3.24. The van der Waals surface area contributed by atoms with Crippen LogP contribution < -0.4 is 0 Å². The fraction of sp³-hybridized carbons (Fsp3) is 0.250. The van der Waals surface area contributed by atoms with E-state index >= 15 is 0 Å². The van der Waals surface area contributed by atoms with Crippen LogP contribution in [0, 0.1) is 18.8 Å². The van der Waals surface area contributed by atoms with E-state index in [-0.39, 0.29) is 0 Å². The highest BCUT2D eigenvalue weighted by Gasteiger charge is 1.08. The average Bonchev–Trinajstić information content (AvgIpc) is 1.37. The Hall–Kier alpha value is -0.570. The van der Waals surface area contributed by atoms with Crippen molar-refractivity contribution in [1.82, 2.24) is 0 Å². The molecule has 0 unspecified atom stereocenters. The topological polar surface area (TPSA) is 0 Å². The van der Waals surface area contributed by atoms with Gasteiger partial charge in [0.05, 0.1) is 0 Å². The molecular formula is C4H5-. The van der Waals surface area contributed by atoms with Crippen molar-refractivity contribution < 1.29 is 0 Å². The maximum atomic E-state index is 3.24. The van der Waals surface area contributed by atoms with Crippen molar-refractivity contribution in [3.05, 3.63) is 6.92 Å². The van der Waals surface area contributed by atoms with E-state index in [4.69, 9.17) is 0 Å².